The van der Waals surface area contributed by atoms with Crippen LogP contribution in [0, 0.1) is 5.41 Å². The molecule has 2 aliphatic heterocycles. The van der Waals surface area contributed by atoms with Crippen molar-refractivity contribution in [2.75, 3.05) is 31.5 Å². The van der Waals surface area contributed by atoms with Crippen molar-refractivity contribution in [3.63, 3.8) is 0 Å². The van der Waals surface area contributed by atoms with E-state index in [4.69, 9.17) is 0 Å². The highest BCUT2D eigenvalue weighted by Crippen LogP contribution is 2.37. The summed E-state index contributed by atoms with van der Waals surface area (Å²) >= 11 is 0. The second-order valence-corrected chi connectivity index (χ2v) is 7.62. The van der Waals surface area contributed by atoms with Crippen molar-refractivity contribution in [1.82, 2.24) is 10.2 Å². The lowest BCUT2D eigenvalue weighted by Crippen LogP contribution is -2.44. The van der Waals surface area contributed by atoms with Gasteiger partial charge in [0.15, 0.2) is 0 Å². The van der Waals surface area contributed by atoms with Gasteiger partial charge in [0.1, 0.15) is 0 Å². The fourth-order valence-electron chi connectivity index (χ4n) is 4.08. The summed E-state index contributed by atoms with van der Waals surface area (Å²) < 4.78 is 0. The molecule has 148 valence electrons. The number of likely N-dealkylation sites (tertiary alicyclic amines) is 1. The lowest BCUT2D eigenvalue weighted by atomic mass is 9.78. The van der Waals surface area contributed by atoms with Crippen molar-refractivity contribution in [2.45, 2.75) is 19.3 Å². The number of piperidine rings is 1. The van der Waals surface area contributed by atoms with Crippen LogP contribution in [0.25, 0.3) is 0 Å². The third-order valence-corrected chi connectivity index (χ3v) is 5.87. The van der Waals surface area contributed by atoms with Crippen molar-refractivity contribution < 1.29 is 9.59 Å². The summed E-state index contributed by atoms with van der Waals surface area (Å²) in [5.41, 5.74) is 2.38. The number of nitrogens with one attached hydrogen (secondary N) is 2. The van der Waals surface area contributed by atoms with E-state index < -0.39 is 0 Å². The molecule has 2 aromatic carbocycles. The third kappa shape index (κ3) is 4.37. The predicted octanol–water partition coefficient (Wildman–Crippen LogP) is 3.58. The minimum atomic E-state index is -0.152. The molecule has 0 saturated carbocycles. The Morgan fingerprint density at radius 3 is 2.18 bits per heavy atom. The SMILES string of the molecule is Cl.O=C(Nc1ccc(C(=O)N2CCC3(CCNC3)CC2)cc1)c1ccccc1. The Morgan fingerprint density at radius 2 is 1.57 bits per heavy atom. The zero-order chi connectivity index (χ0) is 18.7. The van der Waals surface area contributed by atoms with E-state index in [0.29, 0.717) is 22.2 Å². The van der Waals surface area contributed by atoms with Crippen LogP contribution in [0.2, 0.25) is 0 Å². The number of hydrogen-bond donors (Lipinski definition) is 2. The first-order valence-corrected chi connectivity index (χ1v) is 9.62. The highest BCUT2D eigenvalue weighted by Gasteiger charge is 2.38. The summed E-state index contributed by atoms with van der Waals surface area (Å²) in [6.07, 6.45) is 3.39. The van der Waals surface area contributed by atoms with Crippen LogP contribution in [0.1, 0.15) is 40.0 Å². The molecule has 0 radical (unpaired) electrons. The van der Waals surface area contributed by atoms with Crippen LogP contribution in [-0.4, -0.2) is 42.9 Å². The molecule has 2 amide bonds. The van der Waals surface area contributed by atoms with Crippen LogP contribution in [0.3, 0.4) is 0 Å². The lowest BCUT2D eigenvalue weighted by molar-refractivity contribution is 0.0607. The van der Waals surface area contributed by atoms with Gasteiger partial charge in [0.2, 0.25) is 0 Å². The topological polar surface area (TPSA) is 61.4 Å². The molecule has 2 heterocycles. The summed E-state index contributed by atoms with van der Waals surface area (Å²) in [4.78, 5) is 27.0. The molecule has 2 fully saturated rings. The Kier molecular flexibility index (Phi) is 6.37. The molecule has 0 aromatic heterocycles. The molecule has 5 nitrogen and oxygen atoms in total. The van der Waals surface area contributed by atoms with Crippen molar-refractivity contribution in [2.24, 2.45) is 5.41 Å². The third-order valence-electron chi connectivity index (χ3n) is 5.87. The van der Waals surface area contributed by atoms with Gasteiger partial charge in [-0.15, -0.1) is 12.4 Å². The Balaban J connectivity index is 0.00000225. The summed E-state index contributed by atoms with van der Waals surface area (Å²) in [7, 11) is 0. The van der Waals surface area contributed by atoms with Crippen LogP contribution in [0.5, 0.6) is 0 Å². The van der Waals surface area contributed by atoms with E-state index in [1.807, 2.05) is 23.1 Å². The van der Waals surface area contributed by atoms with E-state index >= 15 is 0 Å². The standard InChI is InChI=1S/C22H25N3O2.ClH/c26-20(17-4-2-1-3-5-17)24-19-8-6-18(7-9-19)21(27)25-14-11-22(12-15-25)10-13-23-16-22;/h1-9,23H,10-16H2,(H,24,26);1H. The Labute approximate surface area is 171 Å². The second-order valence-electron chi connectivity index (χ2n) is 7.62. The van der Waals surface area contributed by atoms with Gasteiger partial charge in [0.25, 0.3) is 11.8 Å². The largest absolute Gasteiger partial charge is 0.339 e. The monoisotopic (exact) mass is 399 g/mol. The number of nitrogens with zero attached hydrogens (tertiary/aromatic N) is 1. The minimum Gasteiger partial charge on any atom is -0.339 e. The molecule has 0 aliphatic carbocycles. The van der Waals surface area contributed by atoms with Crippen LogP contribution in [-0.2, 0) is 0 Å². The zero-order valence-corrected chi connectivity index (χ0v) is 16.6. The van der Waals surface area contributed by atoms with E-state index in [0.717, 1.165) is 39.0 Å². The Hall–Kier alpha value is -2.37. The molecule has 1 spiro atoms. The first-order valence-electron chi connectivity index (χ1n) is 9.62. The lowest BCUT2D eigenvalue weighted by Gasteiger charge is -2.38. The van der Waals surface area contributed by atoms with Gasteiger partial charge >= 0.3 is 0 Å². The van der Waals surface area contributed by atoms with Crippen molar-refractivity contribution in [1.29, 1.82) is 0 Å². The number of benzene rings is 2. The van der Waals surface area contributed by atoms with Gasteiger partial charge < -0.3 is 15.5 Å². The van der Waals surface area contributed by atoms with Gasteiger partial charge in [-0.1, -0.05) is 18.2 Å². The van der Waals surface area contributed by atoms with E-state index in [1.165, 1.54) is 6.42 Å². The average Bonchev–Trinajstić information content (AvgIpc) is 3.17. The van der Waals surface area contributed by atoms with E-state index in [2.05, 4.69) is 10.6 Å². The molecule has 2 N–H and O–H groups in total. The Bertz CT molecular complexity index is 807. The first-order chi connectivity index (χ1) is 13.2. The maximum atomic E-state index is 12.8. The molecule has 2 aliphatic rings. The molecule has 4 rings (SSSR count). The van der Waals surface area contributed by atoms with Crippen LogP contribution in [0.4, 0.5) is 5.69 Å². The first kappa shape index (κ1) is 20.4. The number of anilines is 1. The number of carbonyl (C=O) groups excluding carboxylic acids is 2. The van der Waals surface area contributed by atoms with Crippen molar-refractivity contribution >= 4 is 29.9 Å². The highest BCUT2D eigenvalue weighted by atomic mass is 35.5. The second kappa shape index (κ2) is 8.76. The number of amides is 2. The van der Waals surface area contributed by atoms with E-state index in [-0.39, 0.29) is 24.2 Å². The van der Waals surface area contributed by atoms with Crippen molar-refractivity contribution in [3.8, 4) is 0 Å². The van der Waals surface area contributed by atoms with E-state index in [1.54, 1.807) is 36.4 Å². The van der Waals surface area contributed by atoms with Crippen LogP contribution < -0.4 is 10.6 Å². The number of hydrogen-bond acceptors (Lipinski definition) is 3. The molecule has 0 bridgehead atoms. The van der Waals surface area contributed by atoms with Gasteiger partial charge in [-0.2, -0.15) is 0 Å². The number of carbonyl (C=O) groups is 2. The molecule has 28 heavy (non-hydrogen) atoms. The maximum Gasteiger partial charge on any atom is 0.255 e. The molecule has 0 unspecified atom stereocenters. The van der Waals surface area contributed by atoms with Gasteiger partial charge in [0.05, 0.1) is 0 Å². The van der Waals surface area contributed by atoms with Gasteiger partial charge in [0, 0.05) is 36.4 Å². The number of rotatable bonds is 3. The highest BCUT2D eigenvalue weighted by molar-refractivity contribution is 6.04. The van der Waals surface area contributed by atoms with Crippen LogP contribution >= 0.6 is 12.4 Å². The number of halogens is 1. The average molecular weight is 400 g/mol. The van der Waals surface area contributed by atoms with E-state index in [9.17, 15) is 9.59 Å². The fraction of sp³-hybridized carbons (Fsp3) is 0.364. The zero-order valence-electron chi connectivity index (χ0n) is 15.8. The maximum absolute atomic E-state index is 12.8. The molecular formula is C22H26ClN3O2. The molecule has 2 aromatic rings. The predicted molar refractivity (Wildman–Crippen MR) is 113 cm³/mol. The normalized spacial score (nSPS) is 17.8. The molecule has 6 heteroatoms. The Morgan fingerprint density at radius 1 is 0.893 bits per heavy atom. The fourth-order valence-corrected chi connectivity index (χ4v) is 4.08. The summed E-state index contributed by atoms with van der Waals surface area (Å²) in [6.45, 7) is 3.84. The molecule has 2 saturated heterocycles. The summed E-state index contributed by atoms with van der Waals surface area (Å²) in [5, 5.41) is 6.32. The van der Waals surface area contributed by atoms with Gasteiger partial charge in [-0.3, -0.25) is 9.59 Å². The molecular weight excluding hydrogens is 374 g/mol. The van der Waals surface area contributed by atoms with Crippen LogP contribution in [0.15, 0.2) is 54.6 Å². The van der Waals surface area contributed by atoms with Gasteiger partial charge in [-0.25, -0.2) is 0 Å². The minimum absolute atomic E-state index is 0. The smallest absolute Gasteiger partial charge is 0.255 e. The summed E-state index contributed by atoms with van der Waals surface area (Å²) in [5.74, 6) is -0.0714. The quantitative estimate of drug-likeness (QED) is 0.829. The van der Waals surface area contributed by atoms with Crippen molar-refractivity contribution in [3.05, 3.63) is 65.7 Å². The molecule has 0 atom stereocenters. The van der Waals surface area contributed by atoms with Gasteiger partial charge in [-0.05, 0) is 67.6 Å². The summed E-state index contributed by atoms with van der Waals surface area (Å²) in [6, 6.07) is 16.3.